The molecule has 0 amide bonds. The van der Waals surface area contributed by atoms with Crippen molar-refractivity contribution in [1.82, 2.24) is 9.97 Å². The predicted molar refractivity (Wildman–Crippen MR) is 108 cm³/mol. The van der Waals surface area contributed by atoms with Crippen LogP contribution in [-0.4, -0.2) is 24.2 Å². The Bertz CT molecular complexity index is 1060. The molecular weight excluding hydrogens is 338 g/mol. The third kappa shape index (κ3) is 3.67. The van der Waals surface area contributed by atoms with Crippen LogP contribution in [-0.2, 0) is 0 Å². The molecule has 2 aromatic heterocycles. The van der Waals surface area contributed by atoms with E-state index in [2.05, 4.69) is 27.4 Å². The molecule has 0 aliphatic carbocycles. The van der Waals surface area contributed by atoms with Gasteiger partial charge < -0.3 is 14.8 Å². The van der Waals surface area contributed by atoms with E-state index in [-0.39, 0.29) is 0 Å². The molecule has 5 nitrogen and oxygen atoms in total. The number of fused-ring (bicyclic) bond motifs is 1. The molecule has 134 valence electrons. The van der Waals surface area contributed by atoms with Gasteiger partial charge in [-0.15, -0.1) is 0 Å². The average molecular weight is 357 g/mol. The summed E-state index contributed by atoms with van der Waals surface area (Å²) in [6.45, 7) is 0. The molecule has 0 fully saturated rings. The van der Waals surface area contributed by atoms with Gasteiger partial charge in [0.2, 0.25) is 0 Å². The first-order valence-electron chi connectivity index (χ1n) is 8.55. The van der Waals surface area contributed by atoms with Crippen LogP contribution in [0.25, 0.3) is 22.0 Å². The second kappa shape index (κ2) is 7.33. The van der Waals surface area contributed by atoms with Crippen molar-refractivity contribution in [2.24, 2.45) is 0 Å². The molecule has 1 N–H and O–H groups in total. The highest BCUT2D eigenvalue weighted by molar-refractivity contribution is 5.87. The zero-order valence-corrected chi connectivity index (χ0v) is 15.1. The van der Waals surface area contributed by atoms with Gasteiger partial charge in [0.25, 0.3) is 0 Å². The number of nitrogens with one attached hydrogen (secondary N) is 1. The fourth-order valence-electron chi connectivity index (χ4n) is 2.95. The SMILES string of the molecule is COc1cc(Nc2ccc3ncc(-c4cccnc4)cc3c2)cc(OC)c1. The van der Waals surface area contributed by atoms with Crippen LogP contribution >= 0.6 is 0 Å². The molecule has 0 aliphatic rings. The Morgan fingerprint density at radius 2 is 1.59 bits per heavy atom. The fourth-order valence-corrected chi connectivity index (χ4v) is 2.95. The zero-order valence-electron chi connectivity index (χ0n) is 15.1. The van der Waals surface area contributed by atoms with E-state index in [1.807, 2.05) is 54.9 Å². The van der Waals surface area contributed by atoms with Crippen molar-refractivity contribution in [3.05, 3.63) is 73.2 Å². The largest absolute Gasteiger partial charge is 0.497 e. The number of hydrogen-bond donors (Lipinski definition) is 1. The summed E-state index contributed by atoms with van der Waals surface area (Å²) < 4.78 is 10.7. The molecule has 0 saturated carbocycles. The Balaban J connectivity index is 1.69. The summed E-state index contributed by atoms with van der Waals surface area (Å²) in [6, 6.07) is 17.9. The highest BCUT2D eigenvalue weighted by Gasteiger charge is 2.05. The number of pyridine rings is 2. The summed E-state index contributed by atoms with van der Waals surface area (Å²) in [5, 5.41) is 4.46. The number of nitrogens with zero attached hydrogens (tertiary/aromatic N) is 2. The normalized spacial score (nSPS) is 10.6. The van der Waals surface area contributed by atoms with Gasteiger partial charge in [-0.25, -0.2) is 0 Å². The number of ether oxygens (including phenoxy) is 2. The summed E-state index contributed by atoms with van der Waals surface area (Å²) in [6.07, 6.45) is 5.48. The average Bonchev–Trinajstić information content (AvgIpc) is 2.73. The quantitative estimate of drug-likeness (QED) is 0.541. The van der Waals surface area contributed by atoms with Gasteiger partial charge in [0.1, 0.15) is 11.5 Å². The Kier molecular flexibility index (Phi) is 4.58. The maximum absolute atomic E-state index is 5.33. The molecule has 4 rings (SSSR count). The predicted octanol–water partition coefficient (Wildman–Crippen LogP) is 5.06. The minimum absolute atomic E-state index is 0.734. The Morgan fingerprint density at radius 1 is 0.778 bits per heavy atom. The van der Waals surface area contributed by atoms with E-state index in [1.165, 1.54) is 0 Å². The van der Waals surface area contributed by atoms with Crippen molar-refractivity contribution in [3.8, 4) is 22.6 Å². The Labute approximate surface area is 157 Å². The van der Waals surface area contributed by atoms with E-state index >= 15 is 0 Å². The fraction of sp³-hybridized carbons (Fsp3) is 0.0909. The van der Waals surface area contributed by atoms with E-state index < -0.39 is 0 Å². The van der Waals surface area contributed by atoms with Gasteiger partial charge in [0.05, 0.1) is 19.7 Å². The smallest absolute Gasteiger partial charge is 0.124 e. The molecular formula is C22H19N3O2. The van der Waals surface area contributed by atoms with Crippen LogP contribution < -0.4 is 14.8 Å². The lowest BCUT2D eigenvalue weighted by Gasteiger charge is -2.11. The zero-order chi connectivity index (χ0) is 18.6. The first kappa shape index (κ1) is 16.8. The first-order chi connectivity index (χ1) is 13.2. The lowest BCUT2D eigenvalue weighted by Crippen LogP contribution is -1.94. The highest BCUT2D eigenvalue weighted by atomic mass is 16.5. The van der Waals surface area contributed by atoms with Gasteiger partial charge >= 0.3 is 0 Å². The summed E-state index contributed by atoms with van der Waals surface area (Å²) in [5.41, 5.74) is 4.87. The lowest BCUT2D eigenvalue weighted by atomic mass is 10.1. The third-order valence-electron chi connectivity index (χ3n) is 4.32. The minimum Gasteiger partial charge on any atom is -0.497 e. The van der Waals surface area contributed by atoms with Gasteiger partial charge in [-0.3, -0.25) is 9.97 Å². The van der Waals surface area contributed by atoms with Gasteiger partial charge in [-0.1, -0.05) is 6.07 Å². The highest BCUT2D eigenvalue weighted by Crippen LogP contribution is 2.30. The Hall–Kier alpha value is -3.60. The van der Waals surface area contributed by atoms with Crippen molar-refractivity contribution >= 4 is 22.3 Å². The van der Waals surface area contributed by atoms with E-state index in [9.17, 15) is 0 Å². The van der Waals surface area contributed by atoms with Crippen LogP contribution in [0.3, 0.4) is 0 Å². The molecule has 2 aromatic carbocycles. The Morgan fingerprint density at radius 3 is 2.30 bits per heavy atom. The second-order valence-electron chi connectivity index (χ2n) is 6.10. The van der Waals surface area contributed by atoms with Crippen LogP contribution in [0.1, 0.15) is 0 Å². The summed E-state index contributed by atoms with van der Waals surface area (Å²) >= 11 is 0. The molecule has 0 bridgehead atoms. The van der Waals surface area contributed by atoms with Crippen LogP contribution in [0, 0.1) is 0 Å². The van der Waals surface area contributed by atoms with Crippen molar-refractivity contribution in [2.45, 2.75) is 0 Å². The second-order valence-corrected chi connectivity index (χ2v) is 6.10. The number of aromatic nitrogens is 2. The van der Waals surface area contributed by atoms with Gasteiger partial charge in [-0.05, 0) is 30.3 Å². The summed E-state index contributed by atoms with van der Waals surface area (Å²) in [5.74, 6) is 1.47. The minimum atomic E-state index is 0.734. The van der Waals surface area contributed by atoms with E-state index in [1.54, 1.807) is 20.4 Å². The number of methoxy groups -OCH3 is 2. The van der Waals surface area contributed by atoms with Crippen molar-refractivity contribution in [2.75, 3.05) is 19.5 Å². The van der Waals surface area contributed by atoms with E-state index in [0.29, 0.717) is 0 Å². The number of benzene rings is 2. The van der Waals surface area contributed by atoms with Crippen LogP contribution in [0.4, 0.5) is 11.4 Å². The van der Waals surface area contributed by atoms with Crippen molar-refractivity contribution in [1.29, 1.82) is 0 Å². The summed E-state index contributed by atoms with van der Waals surface area (Å²) in [4.78, 5) is 8.75. The van der Waals surface area contributed by atoms with Crippen LogP contribution in [0.15, 0.2) is 73.2 Å². The topological polar surface area (TPSA) is 56.3 Å². The van der Waals surface area contributed by atoms with Gasteiger partial charge in [-0.2, -0.15) is 0 Å². The van der Waals surface area contributed by atoms with Crippen molar-refractivity contribution < 1.29 is 9.47 Å². The molecule has 0 aliphatic heterocycles. The van der Waals surface area contributed by atoms with E-state index in [4.69, 9.17) is 9.47 Å². The molecule has 0 saturated heterocycles. The molecule has 4 aromatic rings. The van der Waals surface area contributed by atoms with E-state index in [0.717, 1.165) is 44.9 Å². The molecule has 0 atom stereocenters. The standard InChI is InChI=1S/C22H19N3O2/c1-26-20-10-19(11-21(12-20)27-2)25-18-5-6-22-16(9-18)8-17(14-24-22)15-4-3-7-23-13-15/h3-14,25H,1-2H3. The van der Waals surface area contributed by atoms with Gasteiger partial charge in [0, 0.05) is 64.7 Å². The molecule has 2 heterocycles. The third-order valence-corrected chi connectivity index (χ3v) is 4.32. The maximum atomic E-state index is 5.33. The maximum Gasteiger partial charge on any atom is 0.124 e. The first-order valence-corrected chi connectivity index (χ1v) is 8.55. The molecule has 5 heteroatoms. The number of hydrogen-bond acceptors (Lipinski definition) is 5. The van der Waals surface area contributed by atoms with Crippen LogP contribution in [0.5, 0.6) is 11.5 Å². The van der Waals surface area contributed by atoms with Gasteiger partial charge in [0.15, 0.2) is 0 Å². The monoisotopic (exact) mass is 357 g/mol. The van der Waals surface area contributed by atoms with Crippen LogP contribution in [0.2, 0.25) is 0 Å². The molecule has 27 heavy (non-hydrogen) atoms. The number of rotatable bonds is 5. The molecule has 0 spiro atoms. The van der Waals surface area contributed by atoms with Crippen molar-refractivity contribution in [3.63, 3.8) is 0 Å². The molecule has 0 radical (unpaired) electrons. The number of anilines is 2. The molecule has 0 unspecified atom stereocenters. The lowest BCUT2D eigenvalue weighted by molar-refractivity contribution is 0.395. The summed E-state index contributed by atoms with van der Waals surface area (Å²) in [7, 11) is 3.28.